The number of hydrogen-bond acceptors (Lipinski definition) is 5. The molecule has 1 unspecified atom stereocenters. The normalized spacial score (nSPS) is 12.3. The van der Waals surface area contributed by atoms with Gasteiger partial charge in [-0.2, -0.15) is 34.3 Å². The number of aromatic nitrogens is 3. The molecule has 0 bridgehead atoms. The van der Waals surface area contributed by atoms with Crippen molar-refractivity contribution in [3.63, 3.8) is 0 Å². The number of benzene rings is 1. The second kappa shape index (κ2) is 9.78. The number of ether oxygens (including phenoxy) is 2. The molecule has 1 amide bonds. The molecular weight excluding hydrogens is 413 g/mol. The van der Waals surface area contributed by atoms with E-state index in [1.165, 1.54) is 15.7 Å². The van der Waals surface area contributed by atoms with Crippen molar-refractivity contribution in [2.75, 3.05) is 6.61 Å². The monoisotopic (exact) mass is 434 g/mol. The minimum absolute atomic E-state index is 0. The van der Waals surface area contributed by atoms with Crippen molar-refractivity contribution < 1.29 is 51.8 Å². The Hall–Kier alpha value is -1.80. The van der Waals surface area contributed by atoms with Crippen LogP contribution in [-0.4, -0.2) is 33.0 Å². The van der Waals surface area contributed by atoms with Gasteiger partial charge in [-0.3, -0.25) is 9.48 Å². The van der Waals surface area contributed by atoms with E-state index >= 15 is 0 Å². The Kier molecular flexibility index (Phi) is 8.37. The number of carbonyl (C=O) groups is 2. The van der Waals surface area contributed by atoms with Crippen LogP contribution in [0, 0.1) is 19.9 Å². The minimum Gasteiger partial charge on any atom is -0.435 e. The molecule has 0 aliphatic carbocycles. The molecule has 1 heterocycles. The molecule has 1 atom stereocenters. The van der Waals surface area contributed by atoms with E-state index in [2.05, 4.69) is 16.0 Å². The predicted octanol–water partition coefficient (Wildman–Crippen LogP) is 2.07. The molecule has 26 heavy (non-hydrogen) atoms. The molecular formula is C17H21N4O4Y-. The Balaban J connectivity index is 0.00000338. The van der Waals surface area contributed by atoms with Crippen LogP contribution >= 0.6 is 0 Å². The van der Waals surface area contributed by atoms with Crippen molar-refractivity contribution in [3.05, 3.63) is 46.8 Å². The van der Waals surface area contributed by atoms with Gasteiger partial charge >= 0.3 is 6.16 Å². The average molecular weight is 434 g/mol. The molecule has 1 radical (unpaired) electrons. The zero-order chi connectivity index (χ0) is 18.6. The van der Waals surface area contributed by atoms with Gasteiger partial charge in [-0.15, -0.1) is 0 Å². The van der Waals surface area contributed by atoms with Gasteiger partial charge in [0, 0.05) is 39.8 Å². The largest absolute Gasteiger partial charge is 0.510 e. The van der Waals surface area contributed by atoms with Crippen molar-refractivity contribution in [3.8, 4) is 0 Å². The van der Waals surface area contributed by atoms with E-state index in [0.717, 1.165) is 11.1 Å². The van der Waals surface area contributed by atoms with Gasteiger partial charge < -0.3 is 9.47 Å². The van der Waals surface area contributed by atoms with Crippen LogP contribution in [0.4, 0.5) is 4.79 Å². The fraction of sp³-hybridized carbons (Fsp3) is 0.412. The maximum Gasteiger partial charge on any atom is 0.510 e. The maximum atomic E-state index is 12.4. The van der Waals surface area contributed by atoms with E-state index in [9.17, 15) is 9.59 Å². The molecule has 0 saturated heterocycles. The molecule has 137 valence electrons. The fourth-order valence-electron chi connectivity index (χ4n) is 2.28. The number of rotatable bonds is 4. The molecule has 1 aromatic heterocycles. The first-order valence-corrected chi connectivity index (χ1v) is 7.85. The first-order valence-electron chi connectivity index (χ1n) is 7.85. The van der Waals surface area contributed by atoms with Crippen LogP contribution in [-0.2, 0) is 49.2 Å². The van der Waals surface area contributed by atoms with Crippen molar-refractivity contribution in [2.45, 2.75) is 33.9 Å². The summed E-state index contributed by atoms with van der Waals surface area (Å²) in [6.07, 6.45) is -0.00134. The third kappa shape index (κ3) is 5.35. The quantitative estimate of drug-likeness (QED) is 0.543. The van der Waals surface area contributed by atoms with Crippen LogP contribution in [0.5, 0.6) is 0 Å². The van der Waals surface area contributed by atoms with Crippen LogP contribution in [0.3, 0.4) is 0 Å². The summed E-state index contributed by atoms with van der Waals surface area (Å²) in [6.45, 7) is 7.29. The number of carbonyl (C=O) groups excluding carboxylic acids is 2. The summed E-state index contributed by atoms with van der Waals surface area (Å²) in [6, 6.07) is 6.62. The van der Waals surface area contributed by atoms with Gasteiger partial charge in [0.15, 0.2) is 6.23 Å². The third-order valence-electron chi connectivity index (χ3n) is 3.55. The molecule has 1 aromatic carbocycles. The van der Waals surface area contributed by atoms with Gasteiger partial charge in [-0.1, -0.05) is 19.4 Å². The van der Waals surface area contributed by atoms with Crippen LogP contribution in [0.2, 0.25) is 0 Å². The molecule has 0 aliphatic heterocycles. The molecule has 2 rings (SSSR count). The van der Waals surface area contributed by atoms with E-state index in [-0.39, 0.29) is 44.9 Å². The molecule has 9 heteroatoms. The van der Waals surface area contributed by atoms with Crippen molar-refractivity contribution in [1.29, 1.82) is 0 Å². The summed E-state index contributed by atoms with van der Waals surface area (Å²) in [4.78, 5) is 31.9. The zero-order valence-electron chi connectivity index (χ0n) is 15.5. The first kappa shape index (κ1) is 22.2. The Bertz CT molecular complexity index is 857. The summed E-state index contributed by atoms with van der Waals surface area (Å²) in [5.41, 5.74) is 2.35. The predicted molar refractivity (Wildman–Crippen MR) is 88.7 cm³/mol. The average Bonchev–Trinajstić information content (AvgIpc) is 2.88. The number of aryl methyl sites for hydroxylation is 2. The number of nitrogens with zero attached hydrogens (tertiary/aromatic N) is 4. The standard InChI is InChI=1S/C17H21N4O4.Y/c1-6-24-17(23)25-13(4)21-10-18-16(20(21)5)19-15(22)14-8-7-11(2)9-12(14)3;/h7-8,10,13H,6H2,1-5H3;/q-1;. The van der Waals surface area contributed by atoms with Crippen LogP contribution in [0.15, 0.2) is 23.5 Å². The topological polar surface area (TPSA) is 87.7 Å². The summed E-state index contributed by atoms with van der Waals surface area (Å²) in [7, 11) is 1.66. The van der Waals surface area contributed by atoms with E-state index in [1.54, 1.807) is 27.0 Å². The SMILES string of the molecule is CCOC(=O)OC(C)n1cnc(=NC(=O)c2ccc(C)[c-]c2C)n1C.[Y]. The molecule has 2 aromatic rings. The molecule has 0 N–H and O–H groups in total. The molecule has 0 aliphatic rings. The Morgan fingerprint density at radius 2 is 2.04 bits per heavy atom. The fourth-order valence-corrected chi connectivity index (χ4v) is 2.28. The van der Waals surface area contributed by atoms with E-state index in [0.29, 0.717) is 5.56 Å². The third-order valence-corrected chi connectivity index (χ3v) is 3.55. The van der Waals surface area contributed by atoms with Crippen molar-refractivity contribution in [1.82, 2.24) is 14.3 Å². The Morgan fingerprint density at radius 3 is 2.65 bits per heavy atom. The summed E-state index contributed by atoms with van der Waals surface area (Å²) >= 11 is 0. The molecule has 8 nitrogen and oxygen atoms in total. The zero-order valence-corrected chi connectivity index (χ0v) is 18.4. The van der Waals surface area contributed by atoms with Crippen molar-refractivity contribution >= 4 is 12.1 Å². The number of hydrogen-bond donors (Lipinski definition) is 0. The summed E-state index contributed by atoms with van der Waals surface area (Å²) in [5.74, 6) is -0.409. The Morgan fingerprint density at radius 1 is 1.35 bits per heavy atom. The van der Waals surface area contributed by atoms with E-state index < -0.39 is 18.3 Å². The van der Waals surface area contributed by atoms with Crippen LogP contribution < -0.4 is 5.62 Å². The van der Waals surface area contributed by atoms with Crippen LogP contribution in [0.25, 0.3) is 0 Å². The van der Waals surface area contributed by atoms with E-state index in [1.807, 2.05) is 19.9 Å². The second-order valence-electron chi connectivity index (χ2n) is 5.45. The summed E-state index contributed by atoms with van der Waals surface area (Å²) in [5, 5.41) is 0. The van der Waals surface area contributed by atoms with Gasteiger partial charge in [0.1, 0.15) is 6.33 Å². The van der Waals surface area contributed by atoms with Crippen LogP contribution in [0.1, 0.15) is 41.6 Å². The van der Waals surface area contributed by atoms with Crippen molar-refractivity contribution in [2.24, 2.45) is 12.0 Å². The van der Waals surface area contributed by atoms with Gasteiger partial charge in [0.25, 0.3) is 0 Å². The smallest absolute Gasteiger partial charge is 0.435 e. The first-order chi connectivity index (χ1) is 11.8. The van der Waals surface area contributed by atoms with Gasteiger partial charge in [0.05, 0.1) is 6.61 Å². The number of amides is 1. The molecule has 0 spiro atoms. The van der Waals surface area contributed by atoms with Gasteiger partial charge in [-0.05, 0) is 13.8 Å². The summed E-state index contributed by atoms with van der Waals surface area (Å²) < 4.78 is 12.9. The molecule has 0 fully saturated rings. The second-order valence-corrected chi connectivity index (χ2v) is 5.45. The maximum absolute atomic E-state index is 12.4. The van der Waals surface area contributed by atoms with Gasteiger partial charge in [-0.25, -0.2) is 14.5 Å². The molecule has 0 saturated carbocycles. The van der Waals surface area contributed by atoms with E-state index in [4.69, 9.17) is 9.47 Å². The Labute approximate surface area is 177 Å². The minimum atomic E-state index is -0.774. The van der Waals surface area contributed by atoms with Gasteiger partial charge in [0.2, 0.25) is 11.5 Å².